The lowest BCUT2D eigenvalue weighted by atomic mass is 9.84. The number of anilines is 1. The van der Waals surface area contributed by atoms with Gasteiger partial charge in [0.25, 0.3) is 0 Å². The van der Waals surface area contributed by atoms with Crippen molar-refractivity contribution in [3.8, 4) is 0 Å². The molecule has 1 aliphatic rings. The van der Waals surface area contributed by atoms with Gasteiger partial charge in [0.2, 0.25) is 0 Å². The minimum Gasteiger partial charge on any atom is -0.370 e. The van der Waals surface area contributed by atoms with Gasteiger partial charge < -0.3 is 10.6 Å². The molecule has 2 nitrogen and oxygen atoms in total. The van der Waals surface area contributed by atoms with Crippen molar-refractivity contribution in [1.82, 2.24) is 0 Å². The molecule has 1 aliphatic carbocycles. The summed E-state index contributed by atoms with van der Waals surface area (Å²) in [6.07, 6.45) is 7.95. The summed E-state index contributed by atoms with van der Waals surface area (Å²) in [6.45, 7) is 0.657. The molecule has 106 valence electrons. The Balaban J connectivity index is 1.97. The molecule has 0 bridgehead atoms. The third-order valence-electron chi connectivity index (χ3n) is 4.38. The van der Waals surface area contributed by atoms with Crippen molar-refractivity contribution >= 4 is 5.69 Å². The molecule has 1 aromatic carbocycles. The Morgan fingerprint density at radius 2 is 1.84 bits per heavy atom. The van der Waals surface area contributed by atoms with Gasteiger partial charge in [0.05, 0.1) is 0 Å². The van der Waals surface area contributed by atoms with Crippen LogP contribution >= 0.6 is 0 Å². The van der Waals surface area contributed by atoms with Crippen LogP contribution in [0.2, 0.25) is 0 Å². The second kappa shape index (κ2) is 6.90. The van der Waals surface area contributed by atoms with Crippen molar-refractivity contribution in [2.75, 3.05) is 18.5 Å². The molecule has 0 aliphatic heterocycles. The number of nitrogens with two attached hydrogens (primary N) is 1. The van der Waals surface area contributed by atoms with Crippen LogP contribution in [-0.4, -0.2) is 19.6 Å². The number of benzene rings is 1. The van der Waals surface area contributed by atoms with E-state index in [4.69, 9.17) is 5.73 Å². The van der Waals surface area contributed by atoms with Gasteiger partial charge in [0.15, 0.2) is 0 Å². The van der Waals surface area contributed by atoms with Crippen LogP contribution in [0.5, 0.6) is 0 Å². The maximum absolute atomic E-state index is 13.0. The highest BCUT2D eigenvalue weighted by atomic mass is 19.1. The maximum Gasteiger partial charge on any atom is 0.123 e. The van der Waals surface area contributed by atoms with Crippen LogP contribution in [0.1, 0.15) is 38.5 Å². The van der Waals surface area contributed by atoms with E-state index >= 15 is 0 Å². The van der Waals surface area contributed by atoms with Gasteiger partial charge in [-0.25, -0.2) is 4.39 Å². The molecule has 0 amide bonds. The average molecular weight is 264 g/mol. The summed E-state index contributed by atoms with van der Waals surface area (Å²) in [7, 11) is 2.06. The Morgan fingerprint density at radius 1 is 1.21 bits per heavy atom. The number of halogens is 1. The minimum absolute atomic E-state index is 0.186. The van der Waals surface area contributed by atoms with Gasteiger partial charge in [-0.15, -0.1) is 0 Å². The number of likely N-dealkylation sites (N-methyl/N-ethyl adjacent to an activating group) is 1. The normalized spacial score (nSPS) is 18.3. The fraction of sp³-hybridized carbons (Fsp3) is 0.625. The lowest BCUT2D eigenvalue weighted by Gasteiger charge is -2.33. The zero-order valence-corrected chi connectivity index (χ0v) is 11.8. The van der Waals surface area contributed by atoms with Crippen LogP contribution in [0.15, 0.2) is 24.3 Å². The Bertz CT molecular complexity index is 371. The van der Waals surface area contributed by atoms with E-state index in [9.17, 15) is 4.39 Å². The van der Waals surface area contributed by atoms with Gasteiger partial charge in [0.1, 0.15) is 5.82 Å². The first-order valence-corrected chi connectivity index (χ1v) is 7.39. The molecule has 1 unspecified atom stereocenters. The van der Waals surface area contributed by atoms with Gasteiger partial charge in [-0.1, -0.05) is 32.1 Å². The molecular weight excluding hydrogens is 239 g/mol. The number of rotatable bonds is 5. The van der Waals surface area contributed by atoms with Gasteiger partial charge in [0, 0.05) is 25.3 Å². The molecule has 3 heteroatoms. The molecule has 1 atom stereocenters. The SMILES string of the molecule is CN(c1ccc(F)cc1)C(CN)CC1CCCCC1. The van der Waals surface area contributed by atoms with Crippen molar-refractivity contribution < 1.29 is 4.39 Å². The predicted octanol–water partition coefficient (Wildman–Crippen LogP) is 3.56. The summed E-state index contributed by atoms with van der Waals surface area (Å²) in [5, 5.41) is 0. The smallest absolute Gasteiger partial charge is 0.123 e. The fourth-order valence-electron chi connectivity index (χ4n) is 3.11. The van der Waals surface area contributed by atoms with E-state index in [1.54, 1.807) is 0 Å². The third-order valence-corrected chi connectivity index (χ3v) is 4.38. The van der Waals surface area contributed by atoms with E-state index in [0.29, 0.717) is 12.6 Å². The van der Waals surface area contributed by atoms with Crippen molar-refractivity contribution in [2.24, 2.45) is 11.7 Å². The van der Waals surface area contributed by atoms with E-state index in [1.807, 2.05) is 12.1 Å². The Kier molecular flexibility index (Phi) is 5.20. The largest absolute Gasteiger partial charge is 0.370 e. The number of hydrogen-bond acceptors (Lipinski definition) is 2. The van der Waals surface area contributed by atoms with Crippen molar-refractivity contribution in [2.45, 2.75) is 44.6 Å². The summed E-state index contributed by atoms with van der Waals surface area (Å²) in [6, 6.07) is 7.05. The maximum atomic E-state index is 13.0. The Labute approximate surface area is 115 Å². The van der Waals surface area contributed by atoms with Crippen LogP contribution in [0.4, 0.5) is 10.1 Å². The van der Waals surface area contributed by atoms with Gasteiger partial charge in [-0.3, -0.25) is 0 Å². The topological polar surface area (TPSA) is 29.3 Å². The summed E-state index contributed by atoms with van der Waals surface area (Å²) < 4.78 is 13.0. The van der Waals surface area contributed by atoms with E-state index < -0.39 is 0 Å². The highest BCUT2D eigenvalue weighted by molar-refractivity contribution is 5.46. The summed E-state index contributed by atoms with van der Waals surface area (Å²) >= 11 is 0. The molecule has 2 N–H and O–H groups in total. The fourth-order valence-corrected chi connectivity index (χ4v) is 3.11. The van der Waals surface area contributed by atoms with Crippen LogP contribution in [0.3, 0.4) is 0 Å². The lowest BCUT2D eigenvalue weighted by Crippen LogP contribution is -2.39. The minimum atomic E-state index is -0.186. The van der Waals surface area contributed by atoms with E-state index in [0.717, 1.165) is 18.0 Å². The van der Waals surface area contributed by atoms with Crippen molar-refractivity contribution in [1.29, 1.82) is 0 Å². The second-order valence-corrected chi connectivity index (χ2v) is 5.72. The van der Waals surface area contributed by atoms with E-state index in [2.05, 4.69) is 11.9 Å². The molecule has 0 saturated heterocycles. The first-order chi connectivity index (χ1) is 9.20. The van der Waals surface area contributed by atoms with Gasteiger partial charge >= 0.3 is 0 Å². The summed E-state index contributed by atoms with van der Waals surface area (Å²) in [5.74, 6) is 0.624. The lowest BCUT2D eigenvalue weighted by molar-refractivity contribution is 0.316. The van der Waals surface area contributed by atoms with E-state index in [-0.39, 0.29) is 5.82 Å². The molecular formula is C16H25FN2. The molecule has 19 heavy (non-hydrogen) atoms. The van der Waals surface area contributed by atoms with Crippen LogP contribution in [0, 0.1) is 11.7 Å². The molecule has 1 aromatic rings. The third kappa shape index (κ3) is 3.93. The molecule has 0 radical (unpaired) electrons. The predicted molar refractivity (Wildman–Crippen MR) is 78.8 cm³/mol. The Hall–Kier alpha value is -1.09. The van der Waals surface area contributed by atoms with Crippen LogP contribution < -0.4 is 10.6 Å². The zero-order chi connectivity index (χ0) is 13.7. The molecule has 1 saturated carbocycles. The van der Waals surface area contributed by atoms with Gasteiger partial charge in [-0.2, -0.15) is 0 Å². The number of nitrogens with zero attached hydrogens (tertiary/aromatic N) is 1. The first kappa shape index (κ1) is 14.3. The molecule has 0 spiro atoms. The van der Waals surface area contributed by atoms with E-state index in [1.165, 1.54) is 44.2 Å². The first-order valence-electron chi connectivity index (χ1n) is 7.39. The highest BCUT2D eigenvalue weighted by Gasteiger charge is 2.21. The van der Waals surface area contributed by atoms with Crippen molar-refractivity contribution in [3.63, 3.8) is 0 Å². The summed E-state index contributed by atoms with van der Waals surface area (Å²) in [5.41, 5.74) is 6.99. The number of hydrogen-bond donors (Lipinski definition) is 1. The standard InChI is InChI=1S/C16H25FN2/c1-19(15-9-7-14(17)8-10-15)16(12-18)11-13-5-3-2-4-6-13/h7-10,13,16H,2-6,11-12,18H2,1H3. The molecule has 0 aromatic heterocycles. The van der Waals surface area contributed by atoms with Crippen LogP contribution in [-0.2, 0) is 0 Å². The quantitative estimate of drug-likeness (QED) is 0.881. The van der Waals surface area contributed by atoms with Crippen LogP contribution in [0.25, 0.3) is 0 Å². The molecule has 1 fully saturated rings. The average Bonchev–Trinajstić information content (AvgIpc) is 2.46. The van der Waals surface area contributed by atoms with Gasteiger partial charge in [-0.05, 0) is 36.6 Å². The highest BCUT2D eigenvalue weighted by Crippen LogP contribution is 2.29. The summed E-state index contributed by atoms with van der Waals surface area (Å²) in [4.78, 5) is 2.20. The monoisotopic (exact) mass is 264 g/mol. The van der Waals surface area contributed by atoms with Crippen molar-refractivity contribution in [3.05, 3.63) is 30.1 Å². The second-order valence-electron chi connectivity index (χ2n) is 5.72. The molecule has 2 rings (SSSR count). The molecule has 0 heterocycles. The Morgan fingerprint density at radius 3 is 2.42 bits per heavy atom. The zero-order valence-electron chi connectivity index (χ0n) is 11.8.